The maximum Gasteiger partial charge on any atom is 0.231 e. The van der Waals surface area contributed by atoms with Crippen molar-refractivity contribution >= 4 is 43.9 Å². The third kappa shape index (κ3) is 5.33. The molecule has 0 radical (unpaired) electrons. The van der Waals surface area contributed by atoms with E-state index in [1.54, 1.807) is 0 Å². The van der Waals surface area contributed by atoms with E-state index in [0.29, 0.717) is 29.0 Å². The van der Waals surface area contributed by atoms with Crippen molar-refractivity contribution in [3.05, 3.63) is 182 Å². The van der Waals surface area contributed by atoms with Crippen LogP contribution in [0, 0.1) is 0 Å². The number of hydrogen-bond acceptors (Lipinski definition) is 6. The average Bonchev–Trinajstić information content (AvgIpc) is 3.81. The van der Waals surface area contributed by atoms with Gasteiger partial charge in [-0.15, -0.1) is 0 Å². The molecule has 0 aliphatic carbocycles. The van der Waals surface area contributed by atoms with Gasteiger partial charge in [-0.3, -0.25) is 0 Å². The van der Waals surface area contributed by atoms with Crippen LogP contribution in [-0.2, 0) is 0 Å². The summed E-state index contributed by atoms with van der Waals surface area (Å²) in [5.74, 6) is 2.47. The monoisotopic (exact) mass is 718 g/mol. The molecule has 0 saturated carbocycles. The summed E-state index contributed by atoms with van der Waals surface area (Å²) in [6, 6.07) is 61.7. The Kier molecular flexibility index (Phi) is 7.35. The van der Waals surface area contributed by atoms with Crippen molar-refractivity contribution in [2.24, 2.45) is 0 Å². The number of furan rings is 1. The van der Waals surface area contributed by atoms with E-state index in [1.807, 2.05) is 109 Å². The number of aromatic nitrogens is 6. The van der Waals surface area contributed by atoms with Gasteiger partial charge in [0.25, 0.3) is 0 Å². The molecule has 0 spiro atoms. The minimum Gasteiger partial charge on any atom is -0.437 e. The molecule has 0 atom stereocenters. The summed E-state index contributed by atoms with van der Waals surface area (Å²) in [6.07, 6.45) is 0. The summed E-state index contributed by atoms with van der Waals surface area (Å²) in [4.78, 5) is 25.1. The number of hydrogen-bond donors (Lipinski definition) is 0. The predicted octanol–water partition coefficient (Wildman–Crippen LogP) is 12.0. The Labute approximate surface area is 321 Å². The molecule has 0 unspecified atom stereocenters. The highest BCUT2D eigenvalue weighted by Crippen LogP contribution is 2.41. The van der Waals surface area contributed by atoms with Crippen molar-refractivity contribution in [1.29, 1.82) is 0 Å². The topological polar surface area (TPSA) is 82.5 Å². The van der Waals surface area contributed by atoms with E-state index in [0.717, 1.165) is 77.4 Å². The summed E-state index contributed by atoms with van der Waals surface area (Å²) >= 11 is 0. The number of rotatable bonds is 6. The van der Waals surface area contributed by atoms with E-state index in [4.69, 9.17) is 29.3 Å². The van der Waals surface area contributed by atoms with Crippen LogP contribution in [0.5, 0.6) is 0 Å². The lowest BCUT2D eigenvalue weighted by Crippen LogP contribution is -2.01. The predicted molar refractivity (Wildman–Crippen MR) is 224 cm³/mol. The van der Waals surface area contributed by atoms with Gasteiger partial charge in [0, 0.05) is 55.7 Å². The lowest BCUT2D eigenvalue weighted by atomic mass is 10.0. The Morgan fingerprint density at radius 1 is 0.357 bits per heavy atom. The normalized spacial score (nSPS) is 11.6. The van der Waals surface area contributed by atoms with E-state index in [-0.39, 0.29) is 0 Å². The molecule has 7 nitrogen and oxygen atoms in total. The molecule has 0 aliphatic rings. The highest BCUT2D eigenvalue weighted by Gasteiger charge is 2.22. The second-order valence-corrected chi connectivity index (χ2v) is 13.7. The Hall–Kier alpha value is -7.77. The molecule has 7 aromatic carbocycles. The van der Waals surface area contributed by atoms with Gasteiger partial charge in [0.15, 0.2) is 23.3 Å². The molecule has 56 heavy (non-hydrogen) atoms. The first-order valence-electron chi connectivity index (χ1n) is 18.5. The number of fused-ring (bicyclic) bond motifs is 6. The number of nitrogens with zero attached hydrogens (tertiary/aromatic N) is 6. The minimum absolute atomic E-state index is 0.552. The second kappa shape index (κ2) is 13.0. The SMILES string of the molecule is c1ccc(-c2nc(-c3ccccc3)nc(-c3cccc(-n4c5ccccc5c5cc6c(cc54)oc4nc(-c5ccccc5)nc(-c5ccccc5)c46)c3)n2)cc1. The number of para-hydroxylation sites is 1. The molecule has 4 aromatic heterocycles. The zero-order valence-corrected chi connectivity index (χ0v) is 29.9. The Morgan fingerprint density at radius 3 is 1.50 bits per heavy atom. The fourth-order valence-electron chi connectivity index (χ4n) is 7.66. The van der Waals surface area contributed by atoms with Crippen LogP contribution >= 0.6 is 0 Å². The third-order valence-corrected chi connectivity index (χ3v) is 10.3. The van der Waals surface area contributed by atoms with Gasteiger partial charge in [0.05, 0.1) is 22.1 Å². The van der Waals surface area contributed by atoms with Gasteiger partial charge in [-0.1, -0.05) is 152 Å². The van der Waals surface area contributed by atoms with E-state index >= 15 is 0 Å². The van der Waals surface area contributed by atoms with Gasteiger partial charge in [-0.05, 0) is 24.3 Å². The first-order valence-corrected chi connectivity index (χ1v) is 18.5. The van der Waals surface area contributed by atoms with Crippen LogP contribution in [0.1, 0.15) is 0 Å². The zero-order valence-electron chi connectivity index (χ0n) is 29.9. The minimum atomic E-state index is 0.552. The van der Waals surface area contributed by atoms with Gasteiger partial charge in [-0.25, -0.2) is 19.9 Å². The summed E-state index contributed by atoms with van der Waals surface area (Å²) < 4.78 is 8.97. The Balaban J connectivity index is 1.13. The van der Waals surface area contributed by atoms with E-state index in [1.165, 1.54) is 0 Å². The van der Waals surface area contributed by atoms with Crippen LogP contribution in [0.15, 0.2) is 186 Å². The molecule has 0 fully saturated rings. The highest BCUT2D eigenvalue weighted by atomic mass is 16.3. The van der Waals surface area contributed by atoms with E-state index in [9.17, 15) is 0 Å². The molecule has 0 amide bonds. The first kappa shape index (κ1) is 31.7. The molecule has 7 heteroatoms. The molecule has 0 aliphatic heterocycles. The van der Waals surface area contributed by atoms with Gasteiger partial charge in [0.2, 0.25) is 5.71 Å². The third-order valence-electron chi connectivity index (χ3n) is 10.3. The summed E-state index contributed by atoms with van der Waals surface area (Å²) in [7, 11) is 0. The van der Waals surface area contributed by atoms with Crippen LogP contribution in [0.2, 0.25) is 0 Å². The average molecular weight is 719 g/mol. The Bertz CT molecular complexity index is 3170. The van der Waals surface area contributed by atoms with Crippen molar-refractivity contribution < 1.29 is 4.42 Å². The standard InChI is InChI=1S/C49H30N6O/c1-5-16-31(17-6-1)44-43-39-29-38-37-26-13-14-27-40(37)55(41(38)30-42(39)56-49(43)54-45(50-44)32-18-7-2-8-19-32)36-25-15-24-35(28-36)48-52-46(33-20-9-3-10-21-33)51-47(53-48)34-22-11-4-12-23-34/h1-30H. The van der Waals surface area contributed by atoms with Crippen molar-refractivity contribution in [1.82, 2.24) is 29.5 Å². The van der Waals surface area contributed by atoms with E-state index in [2.05, 4.69) is 77.4 Å². The largest absolute Gasteiger partial charge is 0.437 e. The van der Waals surface area contributed by atoms with Crippen LogP contribution in [0.3, 0.4) is 0 Å². The van der Waals surface area contributed by atoms with Gasteiger partial charge < -0.3 is 8.98 Å². The van der Waals surface area contributed by atoms with Gasteiger partial charge in [-0.2, -0.15) is 4.98 Å². The van der Waals surface area contributed by atoms with Crippen molar-refractivity contribution in [2.75, 3.05) is 0 Å². The first-order chi connectivity index (χ1) is 27.7. The van der Waals surface area contributed by atoms with Gasteiger partial charge in [0.1, 0.15) is 5.58 Å². The fourth-order valence-corrected chi connectivity index (χ4v) is 7.66. The fraction of sp³-hybridized carbons (Fsp3) is 0. The molecule has 4 heterocycles. The molecular weight excluding hydrogens is 689 g/mol. The second-order valence-electron chi connectivity index (χ2n) is 13.7. The molecular formula is C49H30N6O. The maximum absolute atomic E-state index is 6.68. The zero-order chi connectivity index (χ0) is 37.0. The molecule has 11 rings (SSSR count). The molecule has 0 N–H and O–H groups in total. The van der Waals surface area contributed by atoms with Crippen LogP contribution in [0.25, 0.3) is 106 Å². The highest BCUT2D eigenvalue weighted by molar-refractivity contribution is 6.19. The molecule has 11 aromatic rings. The lowest BCUT2D eigenvalue weighted by Gasteiger charge is -2.11. The summed E-state index contributed by atoms with van der Waals surface area (Å²) in [6.45, 7) is 0. The van der Waals surface area contributed by atoms with Crippen LogP contribution in [0.4, 0.5) is 0 Å². The van der Waals surface area contributed by atoms with Crippen LogP contribution in [-0.4, -0.2) is 29.5 Å². The van der Waals surface area contributed by atoms with E-state index < -0.39 is 0 Å². The lowest BCUT2D eigenvalue weighted by molar-refractivity contribution is 0.654. The van der Waals surface area contributed by atoms with Gasteiger partial charge >= 0.3 is 0 Å². The van der Waals surface area contributed by atoms with Crippen LogP contribution < -0.4 is 0 Å². The quantitative estimate of drug-likeness (QED) is 0.170. The molecule has 262 valence electrons. The Morgan fingerprint density at radius 2 is 0.875 bits per heavy atom. The van der Waals surface area contributed by atoms with Crippen molar-refractivity contribution in [2.45, 2.75) is 0 Å². The summed E-state index contributed by atoms with van der Waals surface area (Å²) in [5.41, 5.74) is 9.86. The smallest absolute Gasteiger partial charge is 0.231 e. The number of benzene rings is 7. The molecule has 0 bridgehead atoms. The maximum atomic E-state index is 6.68. The molecule has 0 saturated heterocycles. The summed E-state index contributed by atoms with van der Waals surface area (Å²) in [5, 5.41) is 4.09. The van der Waals surface area contributed by atoms with Crippen molar-refractivity contribution in [3.63, 3.8) is 0 Å². The van der Waals surface area contributed by atoms with Crippen molar-refractivity contribution in [3.8, 4) is 62.5 Å².